The first-order valence-electron chi connectivity index (χ1n) is 8.92. The fourth-order valence-corrected chi connectivity index (χ4v) is 3.75. The summed E-state index contributed by atoms with van der Waals surface area (Å²) in [6.07, 6.45) is 0. The molecular weight excluding hydrogens is 393 g/mol. The number of aliphatic imine (C=N–C) groups is 2. The number of ether oxygens (including phenoxy) is 2. The lowest BCUT2D eigenvalue weighted by Gasteiger charge is -2.11. The summed E-state index contributed by atoms with van der Waals surface area (Å²) in [4.78, 5) is 21.6. The van der Waals surface area contributed by atoms with Gasteiger partial charge >= 0.3 is 0 Å². The fourth-order valence-electron chi connectivity index (χ4n) is 2.82. The van der Waals surface area contributed by atoms with Gasteiger partial charge in [0.05, 0.1) is 25.7 Å². The van der Waals surface area contributed by atoms with Crippen molar-refractivity contribution in [2.24, 2.45) is 9.98 Å². The third-order valence-corrected chi connectivity index (χ3v) is 5.03. The zero-order valence-electron chi connectivity index (χ0n) is 16.7. The van der Waals surface area contributed by atoms with Crippen LogP contribution in [0, 0.1) is 5.82 Å². The lowest BCUT2D eigenvalue weighted by molar-refractivity contribution is -0.113. The normalized spacial score (nSPS) is 14.8. The van der Waals surface area contributed by atoms with Crippen molar-refractivity contribution in [2.45, 2.75) is 19.5 Å². The molecule has 0 saturated carbocycles. The standard InChI is InChI=1S/C21H22FN3O3S/c1-21(2)24-19(13-6-5-7-14(22)10-13)20(25-21)29-12-18(26)23-15-8-9-16(27-3)17(11-15)28-4/h5-11H,12H2,1-4H3,(H,23,26). The number of carbonyl (C=O) groups is 1. The first kappa shape index (κ1) is 20.9. The van der Waals surface area contributed by atoms with E-state index in [9.17, 15) is 9.18 Å². The summed E-state index contributed by atoms with van der Waals surface area (Å²) in [6.45, 7) is 3.73. The molecule has 0 aromatic heterocycles. The maximum absolute atomic E-state index is 13.6. The molecule has 1 heterocycles. The average molecular weight is 415 g/mol. The van der Waals surface area contributed by atoms with Crippen molar-refractivity contribution in [2.75, 3.05) is 25.3 Å². The smallest absolute Gasteiger partial charge is 0.234 e. The van der Waals surface area contributed by atoms with Gasteiger partial charge in [0.2, 0.25) is 5.91 Å². The van der Waals surface area contributed by atoms with Gasteiger partial charge in [0.15, 0.2) is 11.5 Å². The summed E-state index contributed by atoms with van der Waals surface area (Å²) in [5.41, 5.74) is 1.19. The van der Waals surface area contributed by atoms with Crippen molar-refractivity contribution >= 4 is 34.1 Å². The van der Waals surface area contributed by atoms with Crippen LogP contribution < -0.4 is 14.8 Å². The number of hydrogen-bond acceptors (Lipinski definition) is 6. The molecule has 1 amide bonds. The lowest BCUT2D eigenvalue weighted by atomic mass is 10.1. The van der Waals surface area contributed by atoms with Crippen molar-refractivity contribution in [3.8, 4) is 11.5 Å². The van der Waals surface area contributed by atoms with Crippen LogP contribution in [-0.2, 0) is 4.79 Å². The van der Waals surface area contributed by atoms with Crippen LogP contribution in [0.3, 0.4) is 0 Å². The minimum absolute atomic E-state index is 0.137. The molecule has 2 aromatic rings. The molecule has 1 N–H and O–H groups in total. The Balaban J connectivity index is 1.68. The molecule has 0 fully saturated rings. The Bertz CT molecular complexity index is 989. The molecule has 1 aliphatic rings. The quantitative estimate of drug-likeness (QED) is 0.769. The second kappa shape index (κ2) is 8.65. The first-order valence-corrected chi connectivity index (χ1v) is 9.90. The van der Waals surface area contributed by atoms with E-state index in [2.05, 4.69) is 15.3 Å². The molecule has 152 valence electrons. The van der Waals surface area contributed by atoms with Gasteiger partial charge < -0.3 is 14.8 Å². The van der Waals surface area contributed by atoms with E-state index in [0.29, 0.717) is 33.5 Å². The number of anilines is 1. The molecule has 1 aliphatic heterocycles. The predicted molar refractivity (Wildman–Crippen MR) is 115 cm³/mol. The minimum Gasteiger partial charge on any atom is -0.493 e. The Hall–Kier alpha value is -2.87. The number of amides is 1. The van der Waals surface area contributed by atoms with Crippen LogP contribution in [0.1, 0.15) is 19.4 Å². The number of benzene rings is 2. The molecule has 29 heavy (non-hydrogen) atoms. The fraction of sp³-hybridized carbons (Fsp3) is 0.286. The molecule has 0 bridgehead atoms. The molecule has 3 rings (SSSR count). The van der Waals surface area contributed by atoms with Gasteiger partial charge in [0.1, 0.15) is 16.5 Å². The number of thioether (sulfide) groups is 1. The van der Waals surface area contributed by atoms with E-state index in [1.54, 1.807) is 37.4 Å². The molecule has 0 radical (unpaired) electrons. The molecule has 2 aromatic carbocycles. The van der Waals surface area contributed by atoms with Gasteiger partial charge in [-0.1, -0.05) is 23.9 Å². The van der Waals surface area contributed by atoms with Crippen LogP contribution in [0.25, 0.3) is 0 Å². The van der Waals surface area contributed by atoms with Gasteiger partial charge in [0, 0.05) is 17.3 Å². The van der Waals surface area contributed by atoms with Gasteiger partial charge in [-0.25, -0.2) is 9.38 Å². The number of halogens is 1. The van der Waals surface area contributed by atoms with Gasteiger partial charge in [-0.05, 0) is 38.1 Å². The molecule has 0 aliphatic carbocycles. The summed E-state index contributed by atoms with van der Waals surface area (Å²) >= 11 is 1.27. The van der Waals surface area contributed by atoms with Crippen LogP contribution in [0.2, 0.25) is 0 Å². The largest absolute Gasteiger partial charge is 0.493 e. The van der Waals surface area contributed by atoms with Gasteiger partial charge in [0.25, 0.3) is 0 Å². The number of nitrogens with one attached hydrogen (secondary N) is 1. The van der Waals surface area contributed by atoms with Crippen molar-refractivity contribution in [1.82, 2.24) is 0 Å². The second-order valence-corrected chi connectivity index (χ2v) is 7.75. The Morgan fingerprint density at radius 1 is 1.10 bits per heavy atom. The van der Waals surface area contributed by atoms with Crippen LogP contribution in [-0.4, -0.2) is 42.3 Å². The average Bonchev–Trinajstić information content (AvgIpc) is 3.01. The zero-order valence-corrected chi connectivity index (χ0v) is 17.5. The van der Waals surface area contributed by atoms with Crippen molar-refractivity contribution < 1.29 is 18.7 Å². The van der Waals surface area contributed by atoms with Crippen molar-refractivity contribution in [3.05, 3.63) is 53.8 Å². The van der Waals surface area contributed by atoms with E-state index in [1.165, 1.54) is 31.0 Å². The summed E-state index contributed by atoms with van der Waals surface area (Å²) in [5.74, 6) is 0.704. The molecule has 0 spiro atoms. The lowest BCUT2D eigenvalue weighted by Crippen LogP contribution is -2.18. The second-order valence-electron chi connectivity index (χ2n) is 6.79. The summed E-state index contributed by atoms with van der Waals surface area (Å²) in [5, 5.41) is 3.44. The summed E-state index contributed by atoms with van der Waals surface area (Å²) in [6, 6.07) is 11.4. The van der Waals surface area contributed by atoms with E-state index in [0.717, 1.165) is 0 Å². The van der Waals surface area contributed by atoms with E-state index in [1.807, 2.05) is 13.8 Å². The Kier molecular flexibility index (Phi) is 6.22. The minimum atomic E-state index is -0.649. The number of carbonyl (C=O) groups excluding carboxylic acids is 1. The van der Waals surface area contributed by atoms with Crippen LogP contribution >= 0.6 is 11.8 Å². The molecule has 6 nitrogen and oxygen atoms in total. The van der Waals surface area contributed by atoms with Crippen molar-refractivity contribution in [3.63, 3.8) is 0 Å². The van der Waals surface area contributed by atoms with Crippen LogP contribution in [0.5, 0.6) is 11.5 Å². The number of nitrogens with zero attached hydrogens (tertiary/aromatic N) is 2. The van der Waals surface area contributed by atoms with Crippen molar-refractivity contribution in [1.29, 1.82) is 0 Å². The number of methoxy groups -OCH3 is 2. The first-order chi connectivity index (χ1) is 13.8. The molecule has 0 saturated heterocycles. The van der Waals surface area contributed by atoms with E-state index < -0.39 is 5.66 Å². The number of rotatable bonds is 6. The zero-order chi connectivity index (χ0) is 21.0. The third-order valence-electron chi connectivity index (χ3n) is 4.07. The molecule has 8 heteroatoms. The van der Waals surface area contributed by atoms with Crippen LogP contribution in [0.4, 0.5) is 10.1 Å². The number of hydrogen-bond donors (Lipinski definition) is 1. The molecule has 0 atom stereocenters. The highest BCUT2D eigenvalue weighted by Gasteiger charge is 2.28. The highest BCUT2D eigenvalue weighted by molar-refractivity contribution is 8.16. The predicted octanol–water partition coefficient (Wildman–Crippen LogP) is 4.15. The van der Waals surface area contributed by atoms with Gasteiger partial charge in [-0.2, -0.15) is 0 Å². The van der Waals surface area contributed by atoms with E-state index >= 15 is 0 Å². The maximum Gasteiger partial charge on any atom is 0.234 e. The Morgan fingerprint density at radius 3 is 2.55 bits per heavy atom. The molecular formula is C21H22FN3O3S. The third kappa shape index (κ3) is 5.14. The van der Waals surface area contributed by atoms with Gasteiger partial charge in [-0.3, -0.25) is 9.79 Å². The topological polar surface area (TPSA) is 72.3 Å². The van der Waals surface area contributed by atoms with E-state index in [4.69, 9.17) is 9.47 Å². The highest BCUT2D eigenvalue weighted by atomic mass is 32.2. The Morgan fingerprint density at radius 2 is 1.86 bits per heavy atom. The molecule has 0 unspecified atom stereocenters. The van der Waals surface area contributed by atoms with Crippen LogP contribution in [0.15, 0.2) is 52.4 Å². The summed E-state index contributed by atoms with van der Waals surface area (Å²) in [7, 11) is 3.08. The van der Waals surface area contributed by atoms with E-state index in [-0.39, 0.29) is 17.5 Å². The maximum atomic E-state index is 13.6. The summed E-state index contributed by atoms with van der Waals surface area (Å²) < 4.78 is 24.1. The SMILES string of the molecule is COc1ccc(NC(=O)CSC2=NC(C)(C)N=C2c2cccc(F)c2)cc1OC. The monoisotopic (exact) mass is 415 g/mol. The van der Waals surface area contributed by atoms with Gasteiger partial charge in [-0.15, -0.1) is 0 Å². The highest BCUT2D eigenvalue weighted by Crippen LogP contribution is 2.30. The Labute approximate surface area is 173 Å².